The van der Waals surface area contributed by atoms with Crippen LogP contribution in [0, 0.1) is 0 Å². The van der Waals surface area contributed by atoms with Crippen LogP contribution in [-0.2, 0) is 10.0 Å². The number of hydrogen-bond donors (Lipinski definition) is 1. The molecule has 0 aliphatic carbocycles. The Morgan fingerprint density at radius 1 is 1.24 bits per heavy atom. The first-order chi connectivity index (χ1) is 9.79. The van der Waals surface area contributed by atoms with Gasteiger partial charge in [-0.3, -0.25) is 9.52 Å². The summed E-state index contributed by atoms with van der Waals surface area (Å²) in [6.07, 6.45) is 0. The molecule has 0 saturated carbocycles. The van der Waals surface area contributed by atoms with E-state index in [9.17, 15) is 13.2 Å². The van der Waals surface area contributed by atoms with E-state index in [-0.39, 0.29) is 10.1 Å². The van der Waals surface area contributed by atoms with Gasteiger partial charge in [0.15, 0.2) is 0 Å². The molecule has 0 unspecified atom stereocenters. The lowest BCUT2D eigenvalue weighted by atomic mass is 10.2. The summed E-state index contributed by atoms with van der Waals surface area (Å²) < 4.78 is 27.3. The summed E-state index contributed by atoms with van der Waals surface area (Å²) in [5.41, 5.74) is 0.733. The first kappa shape index (κ1) is 15.8. The lowest BCUT2D eigenvalue weighted by molar-refractivity contribution is 0.0827. The molecule has 1 N–H and O–H groups in total. The predicted molar refractivity (Wildman–Crippen MR) is 84.6 cm³/mol. The third kappa shape index (κ3) is 3.75. The van der Waals surface area contributed by atoms with Crippen molar-refractivity contribution < 1.29 is 13.2 Å². The molecule has 0 fully saturated rings. The zero-order valence-electron chi connectivity index (χ0n) is 11.3. The van der Waals surface area contributed by atoms with E-state index in [1.807, 2.05) is 0 Å². The SMILES string of the molecule is CN(C)C(=O)c1cccc(NS(=O)(=O)c2ccc(Cl)s2)c1. The van der Waals surface area contributed by atoms with Gasteiger partial charge in [0.1, 0.15) is 4.21 Å². The summed E-state index contributed by atoms with van der Waals surface area (Å²) in [5, 5.41) is 0. The second kappa shape index (κ2) is 6.05. The minimum absolute atomic E-state index is 0.122. The van der Waals surface area contributed by atoms with Crippen LogP contribution in [-0.4, -0.2) is 33.3 Å². The van der Waals surface area contributed by atoms with Crippen molar-refractivity contribution in [3.8, 4) is 0 Å². The Morgan fingerprint density at radius 2 is 1.95 bits per heavy atom. The Labute approximate surface area is 132 Å². The van der Waals surface area contributed by atoms with Gasteiger partial charge < -0.3 is 4.90 Å². The highest BCUT2D eigenvalue weighted by Crippen LogP contribution is 2.27. The van der Waals surface area contributed by atoms with Crippen molar-refractivity contribution in [2.45, 2.75) is 4.21 Å². The average Bonchev–Trinajstić information content (AvgIpc) is 2.85. The molecule has 2 rings (SSSR count). The normalized spacial score (nSPS) is 11.2. The van der Waals surface area contributed by atoms with Gasteiger partial charge in [-0.1, -0.05) is 17.7 Å². The van der Waals surface area contributed by atoms with Crippen molar-refractivity contribution in [2.75, 3.05) is 18.8 Å². The van der Waals surface area contributed by atoms with E-state index in [2.05, 4.69) is 4.72 Å². The molecule has 5 nitrogen and oxygen atoms in total. The number of anilines is 1. The molecule has 0 radical (unpaired) electrons. The average molecular weight is 345 g/mol. The summed E-state index contributed by atoms with van der Waals surface area (Å²) >= 11 is 6.72. The van der Waals surface area contributed by atoms with Crippen molar-refractivity contribution in [3.63, 3.8) is 0 Å². The topological polar surface area (TPSA) is 66.5 Å². The van der Waals surface area contributed by atoms with Crippen molar-refractivity contribution in [1.29, 1.82) is 0 Å². The molecule has 0 aliphatic heterocycles. The molecule has 8 heteroatoms. The minimum Gasteiger partial charge on any atom is -0.345 e. The molecule has 0 atom stereocenters. The lowest BCUT2D eigenvalue weighted by Gasteiger charge is -2.12. The van der Waals surface area contributed by atoms with Crippen LogP contribution >= 0.6 is 22.9 Å². The van der Waals surface area contributed by atoms with Gasteiger partial charge in [-0.25, -0.2) is 8.42 Å². The highest BCUT2D eigenvalue weighted by molar-refractivity contribution is 7.94. The number of nitrogens with zero attached hydrogens (tertiary/aromatic N) is 1. The summed E-state index contributed by atoms with van der Waals surface area (Å²) in [7, 11) is -0.432. The number of halogens is 1. The lowest BCUT2D eigenvalue weighted by Crippen LogP contribution is -2.21. The summed E-state index contributed by atoms with van der Waals surface area (Å²) in [6, 6.07) is 9.28. The molecule has 1 amide bonds. The van der Waals surface area contributed by atoms with Gasteiger partial charge in [0.05, 0.1) is 4.34 Å². The van der Waals surface area contributed by atoms with E-state index < -0.39 is 10.0 Å². The molecule has 1 heterocycles. The van der Waals surface area contributed by atoms with Crippen molar-refractivity contribution >= 4 is 44.6 Å². The van der Waals surface area contributed by atoms with Gasteiger partial charge in [-0.2, -0.15) is 0 Å². The van der Waals surface area contributed by atoms with Gasteiger partial charge >= 0.3 is 0 Å². The number of carbonyl (C=O) groups excluding carboxylic acids is 1. The van der Waals surface area contributed by atoms with Crippen molar-refractivity contribution in [3.05, 3.63) is 46.3 Å². The summed E-state index contributed by atoms with van der Waals surface area (Å²) in [5.74, 6) is -0.199. The monoisotopic (exact) mass is 344 g/mol. The molecule has 0 bridgehead atoms. The Balaban J connectivity index is 2.28. The fourth-order valence-electron chi connectivity index (χ4n) is 1.62. The molecular formula is C13H13ClN2O3S2. The van der Waals surface area contributed by atoms with Gasteiger partial charge in [0.25, 0.3) is 15.9 Å². The van der Waals surface area contributed by atoms with Crippen LogP contribution in [0.3, 0.4) is 0 Å². The molecule has 1 aromatic carbocycles. The highest BCUT2D eigenvalue weighted by atomic mass is 35.5. The molecule has 0 saturated heterocycles. The third-order valence-electron chi connectivity index (χ3n) is 2.58. The van der Waals surface area contributed by atoms with Crippen LogP contribution in [0.4, 0.5) is 5.69 Å². The Kier molecular flexibility index (Phi) is 4.55. The fraction of sp³-hybridized carbons (Fsp3) is 0.154. The molecule has 0 aliphatic rings. The Bertz CT molecular complexity index is 769. The maximum atomic E-state index is 12.2. The van der Waals surface area contributed by atoms with Crippen LogP contribution in [0.15, 0.2) is 40.6 Å². The fourth-order valence-corrected chi connectivity index (χ4v) is 4.15. The predicted octanol–water partition coefficient (Wildman–Crippen LogP) is 2.90. The molecule has 1 aromatic heterocycles. The number of benzene rings is 1. The number of nitrogens with one attached hydrogen (secondary N) is 1. The van der Waals surface area contributed by atoms with Crippen LogP contribution in [0.1, 0.15) is 10.4 Å². The number of thiophene rings is 1. The van der Waals surface area contributed by atoms with E-state index in [0.717, 1.165) is 11.3 Å². The molecule has 21 heavy (non-hydrogen) atoms. The number of hydrogen-bond acceptors (Lipinski definition) is 4. The standard InChI is InChI=1S/C13H13ClN2O3S2/c1-16(2)13(17)9-4-3-5-10(8-9)15-21(18,19)12-7-6-11(14)20-12/h3-8,15H,1-2H3. The second-order valence-electron chi connectivity index (χ2n) is 4.44. The number of sulfonamides is 1. The van der Waals surface area contributed by atoms with E-state index in [1.165, 1.54) is 23.1 Å². The number of carbonyl (C=O) groups is 1. The molecular weight excluding hydrogens is 332 g/mol. The maximum absolute atomic E-state index is 12.2. The summed E-state index contributed by atoms with van der Waals surface area (Å²) in [4.78, 5) is 13.3. The van der Waals surface area contributed by atoms with E-state index >= 15 is 0 Å². The smallest absolute Gasteiger partial charge is 0.271 e. The van der Waals surface area contributed by atoms with Gasteiger partial charge in [0.2, 0.25) is 0 Å². The van der Waals surface area contributed by atoms with E-state index in [0.29, 0.717) is 15.6 Å². The van der Waals surface area contributed by atoms with Crippen LogP contribution in [0.2, 0.25) is 4.34 Å². The zero-order chi connectivity index (χ0) is 15.6. The molecule has 112 valence electrons. The van der Waals surface area contributed by atoms with Gasteiger partial charge in [0, 0.05) is 25.3 Å². The Morgan fingerprint density at radius 3 is 2.52 bits per heavy atom. The molecule has 2 aromatic rings. The molecule has 0 spiro atoms. The largest absolute Gasteiger partial charge is 0.345 e. The summed E-state index contributed by atoms with van der Waals surface area (Å²) in [6.45, 7) is 0. The quantitative estimate of drug-likeness (QED) is 0.927. The van der Waals surface area contributed by atoms with Crippen LogP contribution < -0.4 is 4.72 Å². The van der Waals surface area contributed by atoms with Gasteiger partial charge in [-0.15, -0.1) is 11.3 Å². The van der Waals surface area contributed by atoms with Crippen LogP contribution in [0.5, 0.6) is 0 Å². The minimum atomic E-state index is -3.70. The maximum Gasteiger partial charge on any atom is 0.271 e. The Hall–Kier alpha value is -1.57. The first-order valence-electron chi connectivity index (χ1n) is 5.89. The zero-order valence-corrected chi connectivity index (χ0v) is 13.7. The van der Waals surface area contributed by atoms with E-state index in [1.54, 1.807) is 32.3 Å². The number of rotatable bonds is 4. The third-order valence-corrected chi connectivity index (χ3v) is 5.69. The highest BCUT2D eigenvalue weighted by Gasteiger charge is 2.17. The van der Waals surface area contributed by atoms with Crippen molar-refractivity contribution in [1.82, 2.24) is 4.90 Å². The number of amides is 1. The second-order valence-corrected chi connectivity index (χ2v) is 8.07. The van der Waals surface area contributed by atoms with Crippen LogP contribution in [0.25, 0.3) is 0 Å². The first-order valence-corrected chi connectivity index (χ1v) is 8.57. The van der Waals surface area contributed by atoms with E-state index in [4.69, 9.17) is 11.6 Å². The van der Waals surface area contributed by atoms with Crippen molar-refractivity contribution in [2.24, 2.45) is 0 Å². The van der Waals surface area contributed by atoms with Gasteiger partial charge in [-0.05, 0) is 30.3 Å².